The fourth-order valence-corrected chi connectivity index (χ4v) is 2.68. The van der Waals surface area contributed by atoms with Crippen LogP contribution in [0.4, 0.5) is 4.39 Å². The van der Waals surface area contributed by atoms with Crippen LogP contribution in [0.15, 0.2) is 18.2 Å². The molecule has 1 saturated carbocycles. The van der Waals surface area contributed by atoms with Crippen LogP contribution >= 0.6 is 0 Å². The van der Waals surface area contributed by atoms with E-state index in [-0.39, 0.29) is 18.0 Å². The van der Waals surface area contributed by atoms with Crippen LogP contribution in [0.25, 0.3) is 0 Å². The molecule has 2 atom stereocenters. The van der Waals surface area contributed by atoms with Crippen LogP contribution < -0.4 is 5.32 Å². The van der Waals surface area contributed by atoms with Crippen molar-refractivity contribution in [3.05, 3.63) is 35.1 Å². The second kappa shape index (κ2) is 6.30. The van der Waals surface area contributed by atoms with Crippen molar-refractivity contribution in [3.63, 3.8) is 0 Å². The Hall–Kier alpha value is -0.930. The highest BCUT2D eigenvalue weighted by atomic mass is 19.1. The maximum absolute atomic E-state index is 13.0. The topological polar surface area (TPSA) is 32.3 Å². The van der Waals surface area contributed by atoms with Crippen LogP contribution in [0.1, 0.15) is 36.8 Å². The van der Waals surface area contributed by atoms with Crippen molar-refractivity contribution in [2.45, 2.75) is 51.2 Å². The quantitative estimate of drug-likeness (QED) is 0.862. The Kier molecular flexibility index (Phi) is 4.72. The first-order chi connectivity index (χ1) is 8.66. The number of nitrogens with one attached hydrogen (secondary N) is 1. The number of aryl methyl sites for hydroxylation is 1. The molecular formula is C15H22FNO. The zero-order valence-electron chi connectivity index (χ0n) is 11.0. The lowest BCUT2D eigenvalue weighted by Crippen LogP contribution is -2.42. The molecule has 0 heterocycles. The number of hydrogen-bond acceptors (Lipinski definition) is 2. The van der Waals surface area contributed by atoms with Crippen LogP contribution in [0.5, 0.6) is 0 Å². The number of benzene rings is 1. The molecule has 1 aromatic rings. The van der Waals surface area contributed by atoms with E-state index < -0.39 is 0 Å². The van der Waals surface area contributed by atoms with Gasteiger partial charge in [0.2, 0.25) is 0 Å². The van der Waals surface area contributed by atoms with Gasteiger partial charge in [-0.2, -0.15) is 0 Å². The van der Waals surface area contributed by atoms with Crippen molar-refractivity contribution in [2.75, 3.05) is 6.54 Å². The van der Waals surface area contributed by atoms with Crippen molar-refractivity contribution >= 4 is 0 Å². The third-order valence-electron chi connectivity index (χ3n) is 3.83. The molecule has 2 rings (SSSR count). The zero-order chi connectivity index (χ0) is 13.0. The summed E-state index contributed by atoms with van der Waals surface area (Å²) < 4.78 is 13.0. The molecular weight excluding hydrogens is 229 g/mol. The highest BCUT2D eigenvalue weighted by Gasteiger charge is 2.21. The van der Waals surface area contributed by atoms with Crippen LogP contribution in [-0.2, 0) is 6.42 Å². The van der Waals surface area contributed by atoms with Crippen LogP contribution in [0.2, 0.25) is 0 Å². The third-order valence-corrected chi connectivity index (χ3v) is 3.83. The minimum Gasteiger partial charge on any atom is -0.392 e. The van der Waals surface area contributed by atoms with Gasteiger partial charge < -0.3 is 10.4 Å². The van der Waals surface area contributed by atoms with E-state index in [1.54, 1.807) is 6.07 Å². The lowest BCUT2D eigenvalue weighted by molar-refractivity contribution is 0.0914. The predicted octanol–water partition coefficient (Wildman–Crippen LogP) is 2.57. The summed E-state index contributed by atoms with van der Waals surface area (Å²) in [4.78, 5) is 0. The molecule has 3 heteroatoms. The van der Waals surface area contributed by atoms with Gasteiger partial charge in [-0.3, -0.25) is 0 Å². The van der Waals surface area contributed by atoms with Gasteiger partial charge in [-0.05, 0) is 56.0 Å². The standard InChI is InChI=1S/C15H22FNO/c1-11-10-13(16)7-6-12(11)8-9-17-14-4-2-3-5-15(14)18/h6-7,10,14-15,17-18H,2-5,8-9H2,1H3/t14-,15-/m1/s1. The molecule has 2 N–H and O–H groups in total. The Morgan fingerprint density at radius 3 is 2.83 bits per heavy atom. The Morgan fingerprint density at radius 1 is 1.33 bits per heavy atom. The summed E-state index contributed by atoms with van der Waals surface area (Å²) in [7, 11) is 0. The third kappa shape index (κ3) is 3.53. The molecule has 100 valence electrons. The fraction of sp³-hybridized carbons (Fsp3) is 0.600. The molecule has 2 nitrogen and oxygen atoms in total. The number of rotatable bonds is 4. The van der Waals surface area contributed by atoms with E-state index >= 15 is 0 Å². The van der Waals surface area contributed by atoms with Crippen molar-refractivity contribution in [3.8, 4) is 0 Å². The molecule has 0 spiro atoms. The van der Waals surface area contributed by atoms with Crippen LogP contribution in [0.3, 0.4) is 0 Å². The predicted molar refractivity (Wildman–Crippen MR) is 71.1 cm³/mol. The summed E-state index contributed by atoms with van der Waals surface area (Å²) >= 11 is 0. The minimum absolute atomic E-state index is 0.174. The van der Waals surface area contributed by atoms with Gasteiger partial charge in [-0.25, -0.2) is 4.39 Å². The van der Waals surface area contributed by atoms with Gasteiger partial charge in [-0.15, -0.1) is 0 Å². The van der Waals surface area contributed by atoms with Gasteiger partial charge in [0.1, 0.15) is 5.82 Å². The minimum atomic E-state index is -0.201. The van der Waals surface area contributed by atoms with Crippen LogP contribution in [0, 0.1) is 12.7 Å². The van der Waals surface area contributed by atoms with Gasteiger partial charge in [0, 0.05) is 6.04 Å². The summed E-state index contributed by atoms with van der Waals surface area (Å²) in [5.74, 6) is -0.174. The van der Waals surface area contributed by atoms with E-state index in [4.69, 9.17) is 0 Å². The average molecular weight is 251 g/mol. The summed E-state index contributed by atoms with van der Waals surface area (Å²) in [6, 6.07) is 5.17. The summed E-state index contributed by atoms with van der Waals surface area (Å²) in [5.41, 5.74) is 2.18. The first kappa shape index (κ1) is 13.5. The highest BCUT2D eigenvalue weighted by molar-refractivity contribution is 5.26. The second-order valence-corrected chi connectivity index (χ2v) is 5.23. The van der Waals surface area contributed by atoms with Crippen molar-refractivity contribution in [1.82, 2.24) is 5.32 Å². The monoisotopic (exact) mass is 251 g/mol. The maximum atomic E-state index is 13.0. The van der Waals surface area contributed by atoms with E-state index in [0.717, 1.165) is 37.8 Å². The second-order valence-electron chi connectivity index (χ2n) is 5.23. The van der Waals surface area contributed by atoms with E-state index in [0.29, 0.717) is 0 Å². The molecule has 18 heavy (non-hydrogen) atoms. The first-order valence-corrected chi connectivity index (χ1v) is 6.83. The normalized spacial score (nSPS) is 24.2. The molecule has 0 saturated heterocycles. The Balaban J connectivity index is 1.81. The van der Waals surface area contributed by atoms with E-state index in [1.807, 2.05) is 13.0 Å². The van der Waals surface area contributed by atoms with Gasteiger partial charge in [0.25, 0.3) is 0 Å². The van der Waals surface area contributed by atoms with Gasteiger partial charge in [0.15, 0.2) is 0 Å². The summed E-state index contributed by atoms with van der Waals surface area (Å²) in [6.45, 7) is 2.78. The Morgan fingerprint density at radius 2 is 2.11 bits per heavy atom. The lowest BCUT2D eigenvalue weighted by atomic mass is 9.92. The molecule has 1 aliphatic rings. The van der Waals surface area contributed by atoms with E-state index in [2.05, 4.69) is 5.32 Å². The molecule has 1 aliphatic carbocycles. The molecule has 0 aromatic heterocycles. The lowest BCUT2D eigenvalue weighted by Gasteiger charge is -2.28. The molecule has 0 radical (unpaired) electrons. The van der Waals surface area contributed by atoms with Crippen molar-refractivity contribution in [2.24, 2.45) is 0 Å². The summed E-state index contributed by atoms with van der Waals surface area (Å²) in [5, 5.41) is 13.3. The molecule has 1 fully saturated rings. The first-order valence-electron chi connectivity index (χ1n) is 6.83. The Bertz CT molecular complexity index is 394. The number of hydrogen-bond donors (Lipinski definition) is 2. The van der Waals surface area contributed by atoms with E-state index in [9.17, 15) is 9.50 Å². The van der Waals surface area contributed by atoms with Gasteiger partial charge >= 0.3 is 0 Å². The molecule has 0 bridgehead atoms. The molecule has 0 amide bonds. The molecule has 0 aliphatic heterocycles. The van der Waals surface area contributed by atoms with Gasteiger partial charge in [-0.1, -0.05) is 18.9 Å². The Labute approximate surface area is 108 Å². The van der Waals surface area contributed by atoms with Crippen molar-refractivity contribution in [1.29, 1.82) is 0 Å². The largest absolute Gasteiger partial charge is 0.392 e. The number of halogens is 1. The van der Waals surface area contributed by atoms with Crippen LogP contribution in [-0.4, -0.2) is 23.8 Å². The molecule has 1 aromatic carbocycles. The SMILES string of the molecule is Cc1cc(F)ccc1CCN[C@@H]1CCCC[C@H]1O. The number of aliphatic hydroxyl groups is 1. The van der Waals surface area contributed by atoms with Gasteiger partial charge in [0.05, 0.1) is 6.10 Å². The average Bonchev–Trinajstić information content (AvgIpc) is 2.34. The smallest absolute Gasteiger partial charge is 0.123 e. The highest BCUT2D eigenvalue weighted by Crippen LogP contribution is 2.18. The fourth-order valence-electron chi connectivity index (χ4n) is 2.68. The zero-order valence-corrected chi connectivity index (χ0v) is 11.0. The van der Waals surface area contributed by atoms with E-state index in [1.165, 1.54) is 18.1 Å². The molecule has 0 unspecified atom stereocenters. The number of aliphatic hydroxyl groups excluding tert-OH is 1. The van der Waals surface area contributed by atoms with Crippen molar-refractivity contribution < 1.29 is 9.50 Å². The maximum Gasteiger partial charge on any atom is 0.123 e. The summed E-state index contributed by atoms with van der Waals surface area (Å²) in [6.07, 6.45) is 4.99.